The lowest BCUT2D eigenvalue weighted by atomic mass is 9.23. The van der Waals surface area contributed by atoms with Crippen LogP contribution in [0, 0.1) is 10.8 Å². The van der Waals surface area contributed by atoms with Crippen LogP contribution in [0.3, 0.4) is 0 Å². The van der Waals surface area contributed by atoms with Gasteiger partial charge in [0.2, 0.25) is 0 Å². The second kappa shape index (κ2) is 14.4. The zero-order valence-electron chi connectivity index (χ0n) is 34.6. The minimum absolute atomic E-state index is 0.0270. The molecule has 0 heterocycles. The molecule has 0 N–H and O–H groups in total. The normalized spacial score (nSPS) is 36.3. The summed E-state index contributed by atoms with van der Waals surface area (Å²) in [6.07, 6.45) is 14.7. The second-order valence-electron chi connectivity index (χ2n) is 21.4. The molecule has 0 aromatic heterocycles. The molecule has 314 valence electrons. The molecule has 0 unspecified atom stereocenters. The summed E-state index contributed by atoms with van der Waals surface area (Å²) in [6.45, 7) is 0. The Hall–Kier alpha value is -1.80. The van der Waals surface area contributed by atoms with Crippen molar-refractivity contribution in [2.45, 2.75) is 110 Å². The van der Waals surface area contributed by atoms with E-state index >= 15 is 0 Å². The first-order valence-corrected chi connectivity index (χ1v) is 27.1. The highest BCUT2D eigenvalue weighted by Gasteiger charge is 2.79. The van der Waals surface area contributed by atoms with Crippen LogP contribution in [0.15, 0.2) is 172 Å². The maximum Gasteiger partial charge on any atom is 0.0175 e. The van der Waals surface area contributed by atoms with Gasteiger partial charge in [-0.3, -0.25) is 0 Å². The van der Waals surface area contributed by atoms with Crippen LogP contribution in [-0.2, 0) is 32.5 Å². The van der Waals surface area contributed by atoms with Crippen LogP contribution in [0.5, 0.6) is 0 Å². The summed E-state index contributed by atoms with van der Waals surface area (Å²) >= 11 is 23.2. The Morgan fingerprint density at radius 1 is 0.194 bits per heavy atom. The monoisotopic (exact) mass is 1190 g/mol. The summed E-state index contributed by atoms with van der Waals surface area (Å²) in [5, 5.41) is 0. The van der Waals surface area contributed by atoms with Gasteiger partial charge in [0.1, 0.15) is 0 Å². The topological polar surface area (TPSA) is 0 Å². The highest BCUT2D eigenvalue weighted by atomic mass is 79.9. The van der Waals surface area contributed by atoms with Crippen LogP contribution in [0.4, 0.5) is 0 Å². The number of halogens is 6. The van der Waals surface area contributed by atoms with E-state index in [9.17, 15) is 0 Å². The van der Waals surface area contributed by atoms with Crippen LogP contribution in [0.25, 0.3) is 0 Å². The Labute approximate surface area is 417 Å². The van der Waals surface area contributed by atoms with Crippen molar-refractivity contribution in [1.29, 1.82) is 0 Å². The van der Waals surface area contributed by atoms with E-state index in [1.54, 1.807) is 33.4 Å². The van der Waals surface area contributed by atoms with Crippen molar-refractivity contribution in [1.82, 2.24) is 0 Å². The van der Waals surface area contributed by atoms with Crippen molar-refractivity contribution >= 4 is 95.6 Å². The molecule has 8 aliphatic rings. The van der Waals surface area contributed by atoms with Gasteiger partial charge in [-0.15, -0.1) is 0 Å². The van der Waals surface area contributed by atoms with E-state index in [2.05, 4.69) is 241 Å². The van der Waals surface area contributed by atoms with E-state index in [1.807, 2.05) is 0 Å². The first kappa shape index (κ1) is 41.6. The zero-order valence-corrected chi connectivity index (χ0v) is 44.1. The molecule has 8 bridgehead atoms. The SMILES string of the molecule is Brc1ccc(C23CC4(c5ccc(Br)cc5)CC(c5ccc(Br)cc5)(C2)CC(C25CC6(c7ccc(Br)cc7)CC(c7ccc(Br)cc7)(CC(c7ccc(Br)cc7)(C6)C2)C5)(C3)C4)cc1. The van der Waals surface area contributed by atoms with E-state index in [4.69, 9.17) is 0 Å². The van der Waals surface area contributed by atoms with E-state index in [-0.39, 0.29) is 43.3 Å². The summed E-state index contributed by atoms with van der Waals surface area (Å²) in [5.41, 5.74) is 9.60. The maximum atomic E-state index is 3.86. The highest BCUT2D eigenvalue weighted by Crippen LogP contribution is 2.85. The first-order chi connectivity index (χ1) is 29.7. The fraction of sp³-hybridized carbons (Fsp3) is 0.357. The van der Waals surface area contributed by atoms with E-state index in [1.165, 1.54) is 77.0 Å². The maximum absolute atomic E-state index is 3.86. The molecule has 6 aromatic rings. The minimum Gasteiger partial charge on any atom is -0.0574 e. The van der Waals surface area contributed by atoms with Gasteiger partial charge in [-0.1, -0.05) is 168 Å². The number of benzene rings is 6. The summed E-state index contributed by atoms with van der Waals surface area (Å²) in [6, 6.07) is 58.0. The molecule has 8 saturated carbocycles. The largest absolute Gasteiger partial charge is 0.0574 e. The van der Waals surface area contributed by atoms with Crippen molar-refractivity contribution in [3.63, 3.8) is 0 Å². The third-order valence-corrected chi connectivity index (χ3v) is 21.2. The Morgan fingerprint density at radius 3 is 0.452 bits per heavy atom. The summed E-state index contributed by atoms with van der Waals surface area (Å²) < 4.78 is 6.98. The predicted molar refractivity (Wildman–Crippen MR) is 275 cm³/mol. The molecule has 0 radical (unpaired) electrons. The molecule has 8 fully saturated rings. The van der Waals surface area contributed by atoms with Crippen LogP contribution < -0.4 is 0 Å². The summed E-state index contributed by atoms with van der Waals surface area (Å²) in [4.78, 5) is 0. The van der Waals surface area contributed by atoms with Gasteiger partial charge in [0.25, 0.3) is 0 Å². The smallest absolute Gasteiger partial charge is 0.0175 e. The van der Waals surface area contributed by atoms with Crippen LogP contribution in [-0.4, -0.2) is 0 Å². The molecule has 0 aliphatic heterocycles. The van der Waals surface area contributed by atoms with Crippen molar-refractivity contribution in [3.8, 4) is 0 Å². The number of hydrogen-bond donors (Lipinski definition) is 0. The third kappa shape index (κ3) is 6.20. The van der Waals surface area contributed by atoms with Gasteiger partial charge < -0.3 is 0 Å². The van der Waals surface area contributed by atoms with Gasteiger partial charge in [0.05, 0.1) is 0 Å². The molecular formula is C56H48Br6. The lowest BCUT2D eigenvalue weighted by Crippen LogP contribution is -2.75. The van der Waals surface area contributed by atoms with Crippen molar-refractivity contribution in [2.75, 3.05) is 0 Å². The molecule has 6 heteroatoms. The Bertz CT molecular complexity index is 2200. The van der Waals surface area contributed by atoms with E-state index in [0.29, 0.717) is 0 Å². The quantitative estimate of drug-likeness (QED) is 0.149. The van der Waals surface area contributed by atoms with Gasteiger partial charge in [-0.2, -0.15) is 0 Å². The molecule has 0 amide bonds. The Morgan fingerprint density at radius 2 is 0.323 bits per heavy atom. The highest BCUT2D eigenvalue weighted by molar-refractivity contribution is 9.11. The molecule has 6 aromatic carbocycles. The molecule has 14 rings (SSSR count). The number of rotatable bonds is 7. The Balaban J connectivity index is 1.17. The fourth-order valence-electron chi connectivity index (χ4n) is 17.1. The molecule has 0 saturated heterocycles. The van der Waals surface area contributed by atoms with E-state index < -0.39 is 0 Å². The third-order valence-electron chi connectivity index (χ3n) is 18.0. The second-order valence-corrected chi connectivity index (χ2v) is 26.9. The lowest BCUT2D eigenvalue weighted by molar-refractivity contribution is -0.237. The summed E-state index contributed by atoms with van der Waals surface area (Å²) in [7, 11) is 0. The molecule has 62 heavy (non-hydrogen) atoms. The molecule has 8 aliphatic carbocycles. The zero-order chi connectivity index (χ0) is 42.4. The lowest BCUT2D eigenvalue weighted by Gasteiger charge is -2.81. The van der Waals surface area contributed by atoms with Gasteiger partial charge >= 0.3 is 0 Å². The van der Waals surface area contributed by atoms with Crippen LogP contribution in [0.1, 0.15) is 110 Å². The molecular weight excluding hydrogens is 1150 g/mol. The number of hydrogen-bond acceptors (Lipinski definition) is 0. The van der Waals surface area contributed by atoms with Crippen molar-refractivity contribution in [2.24, 2.45) is 10.8 Å². The average molecular weight is 1200 g/mol. The van der Waals surface area contributed by atoms with Gasteiger partial charge in [0.15, 0.2) is 0 Å². The van der Waals surface area contributed by atoms with Gasteiger partial charge in [0, 0.05) is 26.8 Å². The fourth-order valence-corrected chi connectivity index (χ4v) is 18.6. The predicted octanol–water partition coefficient (Wildman–Crippen LogP) is 17.9. The standard InChI is InChI=1S/C56H48Br6/c57-43-13-1-37(2-14-43)49-25-50(38-3-15-44(58)16-4-38)27-51(26-49,39-5-17-45(59)18-6-39)33-55(31-49,32-50)56-34-52(40-7-19-46(60)20-8-40)28-53(35-56,41-9-21-47(61)22-10-41)30-54(29-52,36-56)42-11-23-48(62)24-12-42/h1-24H,25-36H2. The minimum atomic E-state index is 0.0270. The molecule has 0 atom stereocenters. The molecule has 0 spiro atoms. The van der Waals surface area contributed by atoms with Gasteiger partial charge in [-0.05, 0) is 227 Å². The average Bonchev–Trinajstić information content (AvgIpc) is 3.24. The van der Waals surface area contributed by atoms with Crippen LogP contribution in [0.2, 0.25) is 0 Å². The van der Waals surface area contributed by atoms with Gasteiger partial charge in [-0.25, -0.2) is 0 Å². The van der Waals surface area contributed by atoms with E-state index in [0.717, 1.165) is 26.8 Å². The Kier molecular flexibility index (Phi) is 9.63. The summed E-state index contributed by atoms with van der Waals surface area (Å²) in [5.74, 6) is 0. The molecule has 0 nitrogen and oxygen atoms in total. The van der Waals surface area contributed by atoms with Crippen molar-refractivity contribution < 1.29 is 0 Å². The first-order valence-electron chi connectivity index (χ1n) is 22.3. The van der Waals surface area contributed by atoms with Crippen molar-refractivity contribution in [3.05, 3.63) is 206 Å². The van der Waals surface area contributed by atoms with Crippen LogP contribution >= 0.6 is 95.6 Å².